The lowest BCUT2D eigenvalue weighted by Crippen LogP contribution is -2.51. The summed E-state index contributed by atoms with van der Waals surface area (Å²) in [5.41, 5.74) is 0.718. The van der Waals surface area contributed by atoms with Crippen molar-refractivity contribution in [2.45, 2.75) is 45.2 Å². The SMILES string of the molecule is CC[C@@H]1CN(C(=O)C2CC2)CC[C@H]1NCc1cc2cc(F)ccc2o1. The van der Waals surface area contributed by atoms with E-state index in [9.17, 15) is 9.18 Å². The first-order chi connectivity index (χ1) is 12.1. The van der Waals surface area contributed by atoms with Crippen LogP contribution < -0.4 is 5.32 Å². The van der Waals surface area contributed by atoms with Gasteiger partial charge in [0.25, 0.3) is 0 Å². The van der Waals surface area contributed by atoms with Crippen LogP contribution in [0.5, 0.6) is 0 Å². The molecular weight excluding hydrogens is 319 g/mol. The van der Waals surface area contributed by atoms with Crippen LogP contribution in [0.2, 0.25) is 0 Å². The van der Waals surface area contributed by atoms with Crippen LogP contribution in [0.3, 0.4) is 0 Å². The molecule has 4 nitrogen and oxygen atoms in total. The number of nitrogens with one attached hydrogen (secondary N) is 1. The largest absolute Gasteiger partial charge is 0.460 e. The van der Waals surface area contributed by atoms with Crippen LogP contribution in [-0.4, -0.2) is 29.9 Å². The Morgan fingerprint density at radius 1 is 1.32 bits per heavy atom. The molecule has 0 radical (unpaired) electrons. The highest BCUT2D eigenvalue weighted by molar-refractivity contribution is 5.81. The quantitative estimate of drug-likeness (QED) is 0.900. The summed E-state index contributed by atoms with van der Waals surface area (Å²) in [6.07, 6.45) is 4.17. The van der Waals surface area contributed by atoms with Crippen molar-refractivity contribution in [1.29, 1.82) is 0 Å². The molecule has 2 aliphatic rings. The lowest BCUT2D eigenvalue weighted by molar-refractivity contribution is -0.134. The third kappa shape index (κ3) is 3.56. The molecule has 1 N–H and O–H groups in total. The number of hydrogen-bond acceptors (Lipinski definition) is 3. The third-order valence-electron chi connectivity index (χ3n) is 5.56. The van der Waals surface area contributed by atoms with E-state index in [-0.39, 0.29) is 5.82 Å². The van der Waals surface area contributed by atoms with Gasteiger partial charge in [0, 0.05) is 30.4 Å². The van der Waals surface area contributed by atoms with Gasteiger partial charge in [-0.1, -0.05) is 13.3 Å². The predicted molar refractivity (Wildman–Crippen MR) is 94.5 cm³/mol. The fraction of sp³-hybridized carbons (Fsp3) is 0.550. The summed E-state index contributed by atoms with van der Waals surface area (Å²) in [6.45, 7) is 4.52. The number of fused-ring (bicyclic) bond motifs is 1. The number of carbonyl (C=O) groups excluding carboxylic acids is 1. The van der Waals surface area contributed by atoms with E-state index in [2.05, 4.69) is 17.1 Å². The van der Waals surface area contributed by atoms with Crippen LogP contribution in [0.15, 0.2) is 28.7 Å². The molecule has 1 aliphatic heterocycles. The number of amides is 1. The minimum Gasteiger partial charge on any atom is -0.460 e. The van der Waals surface area contributed by atoms with Gasteiger partial charge in [0.05, 0.1) is 6.54 Å². The van der Waals surface area contributed by atoms with Crippen molar-refractivity contribution in [1.82, 2.24) is 10.2 Å². The number of furan rings is 1. The number of hydrogen-bond donors (Lipinski definition) is 1. The fourth-order valence-corrected chi connectivity index (χ4v) is 3.89. The van der Waals surface area contributed by atoms with E-state index >= 15 is 0 Å². The zero-order valence-electron chi connectivity index (χ0n) is 14.6. The molecule has 2 aromatic rings. The maximum atomic E-state index is 13.3. The summed E-state index contributed by atoms with van der Waals surface area (Å²) >= 11 is 0. The topological polar surface area (TPSA) is 45.5 Å². The zero-order chi connectivity index (χ0) is 17.4. The minimum absolute atomic E-state index is 0.244. The molecule has 1 aliphatic carbocycles. The summed E-state index contributed by atoms with van der Waals surface area (Å²) in [7, 11) is 0. The average Bonchev–Trinajstić information content (AvgIpc) is 3.39. The molecule has 2 heterocycles. The molecule has 1 amide bonds. The van der Waals surface area contributed by atoms with Crippen LogP contribution in [-0.2, 0) is 11.3 Å². The van der Waals surface area contributed by atoms with Crippen molar-refractivity contribution in [3.05, 3.63) is 35.8 Å². The number of halogens is 1. The molecule has 1 saturated carbocycles. The zero-order valence-corrected chi connectivity index (χ0v) is 14.6. The van der Waals surface area contributed by atoms with Crippen LogP contribution >= 0.6 is 0 Å². The molecule has 1 aromatic heterocycles. The van der Waals surface area contributed by atoms with Gasteiger partial charge in [0.1, 0.15) is 17.2 Å². The Labute approximate surface area is 147 Å². The van der Waals surface area contributed by atoms with Gasteiger partial charge >= 0.3 is 0 Å². The standard InChI is InChI=1S/C20H25FN2O2/c1-2-13-12-23(20(24)14-3-4-14)8-7-18(13)22-11-17-10-15-9-16(21)5-6-19(15)25-17/h5-6,9-10,13-14,18,22H,2-4,7-8,11-12H2,1H3/t13-,18-/m1/s1. The highest BCUT2D eigenvalue weighted by Gasteiger charge is 2.37. The van der Waals surface area contributed by atoms with E-state index in [0.717, 1.165) is 55.5 Å². The molecule has 0 spiro atoms. The van der Waals surface area contributed by atoms with Crippen molar-refractivity contribution in [2.75, 3.05) is 13.1 Å². The second-order valence-electron chi connectivity index (χ2n) is 7.40. The Morgan fingerprint density at radius 3 is 2.92 bits per heavy atom. The molecule has 1 aromatic carbocycles. The van der Waals surface area contributed by atoms with Gasteiger partial charge in [-0.25, -0.2) is 4.39 Å². The Kier molecular flexibility index (Phi) is 4.50. The van der Waals surface area contributed by atoms with Crippen LogP contribution in [0, 0.1) is 17.7 Å². The first-order valence-corrected chi connectivity index (χ1v) is 9.34. The molecule has 5 heteroatoms. The van der Waals surface area contributed by atoms with Crippen molar-refractivity contribution < 1.29 is 13.6 Å². The molecule has 0 bridgehead atoms. The van der Waals surface area contributed by atoms with Crippen LogP contribution in [0.25, 0.3) is 11.0 Å². The number of carbonyl (C=O) groups is 1. The Morgan fingerprint density at radius 2 is 2.16 bits per heavy atom. The van der Waals surface area contributed by atoms with E-state index < -0.39 is 0 Å². The van der Waals surface area contributed by atoms with Gasteiger partial charge in [0.15, 0.2) is 0 Å². The molecule has 2 fully saturated rings. The van der Waals surface area contributed by atoms with Crippen molar-refractivity contribution >= 4 is 16.9 Å². The number of piperidine rings is 1. The highest BCUT2D eigenvalue weighted by Crippen LogP contribution is 2.33. The van der Waals surface area contributed by atoms with E-state index in [1.807, 2.05) is 6.07 Å². The van der Waals surface area contributed by atoms with E-state index in [0.29, 0.717) is 30.3 Å². The van der Waals surface area contributed by atoms with Gasteiger partial charge < -0.3 is 14.6 Å². The molecule has 1 saturated heterocycles. The van der Waals surface area contributed by atoms with Crippen molar-refractivity contribution in [2.24, 2.45) is 11.8 Å². The van der Waals surface area contributed by atoms with Gasteiger partial charge in [-0.2, -0.15) is 0 Å². The second-order valence-corrected chi connectivity index (χ2v) is 7.40. The Balaban J connectivity index is 1.37. The molecule has 2 atom stereocenters. The summed E-state index contributed by atoms with van der Waals surface area (Å²) in [5.74, 6) is 1.71. The molecule has 0 unspecified atom stereocenters. The molecule has 25 heavy (non-hydrogen) atoms. The highest BCUT2D eigenvalue weighted by atomic mass is 19.1. The lowest BCUT2D eigenvalue weighted by Gasteiger charge is -2.39. The molecular formula is C20H25FN2O2. The Bertz CT molecular complexity index is 768. The fourth-order valence-electron chi connectivity index (χ4n) is 3.89. The molecule has 134 valence electrons. The maximum absolute atomic E-state index is 13.3. The minimum atomic E-state index is -0.244. The van der Waals surface area contributed by atoms with E-state index in [1.54, 1.807) is 6.07 Å². The van der Waals surface area contributed by atoms with Gasteiger partial charge in [-0.3, -0.25) is 4.79 Å². The normalized spacial score (nSPS) is 24.0. The van der Waals surface area contributed by atoms with Crippen LogP contribution in [0.1, 0.15) is 38.4 Å². The van der Waals surface area contributed by atoms with E-state index in [4.69, 9.17) is 4.42 Å². The number of nitrogens with zero attached hydrogens (tertiary/aromatic N) is 1. The monoisotopic (exact) mass is 344 g/mol. The van der Waals surface area contributed by atoms with Crippen LogP contribution in [0.4, 0.5) is 4.39 Å². The smallest absolute Gasteiger partial charge is 0.225 e. The first-order valence-electron chi connectivity index (χ1n) is 9.34. The Hall–Kier alpha value is -1.88. The van der Waals surface area contributed by atoms with Gasteiger partial charge in [-0.15, -0.1) is 0 Å². The molecule has 4 rings (SSSR count). The van der Waals surface area contributed by atoms with E-state index in [1.165, 1.54) is 12.1 Å². The number of likely N-dealkylation sites (tertiary alicyclic amines) is 1. The van der Waals surface area contributed by atoms with Gasteiger partial charge in [-0.05, 0) is 49.4 Å². The predicted octanol–water partition coefficient (Wildman–Crippen LogP) is 3.70. The maximum Gasteiger partial charge on any atom is 0.225 e. The number of benzene rings is 1. The number of rotatable bonds is 5. The van der Waals surface area contributed by atoms with Crippen molar-refractivity contribution in [3.8, 4) is 0 Å². The third-order valence-corrected chi connectivity index (χ3v) is 5.56. The summed E-state index contributed by atoms with van der Waals surface area (Å²) in [5, 5.41) is 4.39. The lowest BCUT2D eigenvalue weighted by atomic mass is 9.89. The van der Waals surface area contributed by atoms with Crippen molar-refractivity contribution in [3.63, 3.8) is 0 Å². The summed E-state index contributed by atoms with van der Waals surface area (Å²) < 4.78 is 19.1. The summed E-state index contributed by atoms with van der Waals surface area (Å²) in [6, 6.07) is 6.88. The first kappa shape index (κ1) is 16.6. The average molecular weight is 344 g/mol. The summed E-state index contributed by atoms with van der Waals surface area (Å²) in [4.78, 5) is 14.4. The second kappa shape index (κ2) is 6.79. The van der Waals surface area contributed by atoms with Gasteiger partial charge in [0.2, 0.25) is 5.91 Å².